The minimum atomic E-state index is 0.176. The van der Waals surface area contributed by atoms with Crippen molar-refractivity contribution in [3.8, 4) is 0 Å². The van der Waals surface area contributed by atoms with Crippen LogP contribution in [0, 0.1) is 23.7 Å². The van der Waals surface area contributed by atoms with E-state index in [4.69, 9.17) is 0 Å². The highest BCUT2D eigenvalue weighted by Crippen LogP contribution is 2.56. The Balaban J connectivity index is 1.28. The van der Waals surface area contributed by atoms with Crippen LogP contribution in [0.25, 0.3) is 0 Å². The lowest BCUT2D eigenvalue weighted by Crippen LogP contribution is -2.60. The summed E-state index contributed by atoms with van der Waals surface area (Å²) < 4.78 is 0. The second-order valence-corrected chi connectivity index (χ2v) is 8.55. The smallest absolute Gasteiger partial charge is 0.224 e. The van der Waals surface area contributed by atoms with E-state index in [2.05, 4.69) is 35.6 Å². The third kappa shape index (κ3) is 2.11. The van der Waals surface area contributed by atoms with Gasteiger partial charge in [0.25, 0.3) is 0 Å². The van der Waals surface area contributed by atoms with E-state index in [9.17, 15) is 4.79 Å². The molecular formula is C20H25NO. The summed E-state index contributed by atoms with van der Waals surface area (Å²) in [6.07, 6.45) is 9.12. The molecule has 5 aliphatic carbocycles. The van der Waals surface area contributed by atoms with E-state index in [0.29, 0.717) is 11.8 Å². The molecule has 5 saturated carbocycles. The molecule has 1 N–H and O–H groups in total. The van der Waals surface area contributed by atoms with Gasteiger partial charge in [-0.3, -0.25) is 4.79 Å². The van der Waals surface area contributed by atoms with E-state index in [1.807, 2.05) is 0 Å². The van der Waals surface area contributed by atoms with Gasteiger partial charge in [-0.2, -0.15) is 0 Å². The maximum atomic E-state index is 12.8. The van der Waals surface area contributed by atoms with E-state index < -0.39 is 0 Å². The second-order valence-electron chi connectivity index (χ2n) is 8.55. The van der Waals surface area contributed by atoms with Crippen molar-refractivity contribution in [3.05, 3.63) is 35.9 Å². The number of rotatable bonds is 3. The van der Waals surface area contributed by atoms with Crippen LogP contribution in [0.2, 0.25) is 0 Å². The molecule has 22 heavy (non-hydrogen) atoms. The van der Waals surface area contributed by atoms with Gasteiger partial charge in [-0.25, -0.2) is 0 Å². The Bertz CT molecular complexity index is 558. The first-order valence-electron chi connectivity index (χ1n) is 9.08. The molecule has 5 fully saturated rings. The largest absolute Gasteiger partial charge is 0.350 e. The van der Waals surface area contributed by atoms with Crippen LogP contribution in [0.5, 0.6) is 0 Å². The molecule has 0 unspecified atom stereocenters. The standard InChI is InChI=1S/C20H25NO/c22-19(18-9-17(18)16-4-2-1-3-5-16)21-20-10-13-6-14(11-20)8-15(7-13)12-20/h1-5,13-15,17-18H,6-12H2,(H,21,22)/t13?,14?,15?,17-,18-,20?/m1/s1. The average molecular weight is 295 g/mol. The monoisotopic (exact) mass is 295 g/mol. The van der Waals surface area contributed by atoms with E-state index in [1.165, 1.54) is 44.1 Å². The summed E-state index contributed by atoms with van der Waals surface area (Å²) in [5.41, 5.74) is 1.52. The molecule has 0 saturated heterocycles. The van der Waals surface area contributed by atoms with Crippen molar-refractivity contribution in [3.63, 3.8) is 0 Å². The molecule has 0 spiro atoms. The first kappa shape index (κ1) is 13.2. The molecule has 5 aliphatic rings. The van der Waals surface area contributed by atoms with E-state index >= 15 is 0 Å². The quantitative estimate of drug-likeness (QED) is 0.901. The molecule has 0 aliphatic heterocycles. The van der Waals surface area contributed by atoms with Crippen molar-refractivity contribution in [1.82, 2.24) is 5.32 Å². The highest BCUT2D eigenvalue weighted by molar-refractivity contribution is 5.83. The first-order chi connectivity index (χ1) is 10.7. The molecule has 0 aromatic heterocycles. The first-order valence-corrected chi connectivity index (χ1v) is 9.08. The van der Waals surface area contributed by atoms with Crippen LogP contribution in [-0.2, 0) is 4.79 Å². The molecule has 1 aromatic carbocycles. The third-order valence-corrected chi connectivity index (χ3v) is 6.78. The Morgan fingerprint density at radius 3 is 2.09 bits per heavy atom. The fraction of sp³-hybridized carbons (Fsp3) is 0.650. The molecule has 116 valence electrons. The summed E-state index contributed by atoms with van der Waals surface area (Å²) in [5.74, 6) is 3.74. The van der Waals surface area contributed by atoms with Gasteiger partial charge in [-0.1, -0.05) is 30.3 Å². The number of hydrogen-bond acceptors (Lipinski definition) is 1. The van der Waals surface area contributed by atoms with Crippen molar-refractivity contribution in [1.29, 1.82) is 0 Å². The van der Waals surface area contributed by atoms with Crippen molar-refractivity contribution in [2.45, 2.75) is 56.4 Å². The molecule has 1 amide bonds. The lowest BCUT2D eigenvalue weighted by atomic mass is 9.53. The summed E-state index contributed by atoms with van der Waals surface area (Å²) in [6.45, 7) is 0. The zero-order chi connectivity index (χ0) is 14.7. The summed E-state index contributed by atoms with van der Waals surface area (Å²) >= 11 is 0. The predicted molar refractivity (Wildman–Crippen MR) is 86.3 cm³/mol. The Kier molecular flexibility index (Phi) is 2.75. The molecular weight excluding hydrogens is 270 g/mol. The topological polar surface area (TPSA) is 29.1 Å². The normalized spacial score (nSPS) is 44.8. The number of carbonyl (C=O) groups is 1. The van der Waals surface area contributed by atoms with Crippen LogP contribution in [0.1, 0.15) is 56.4 Å². The average Bonchev–Trinajstić information content (AvgIpc) is 3.26. The van der Waals surface area contributed by atoms with Gasteiger partial charge in [0, 0.05) is 11.5 Å². The Morgan fingerprint density at radius 2 is 1.50 bits per heavy atom. The van der Waals surface area contributed by atoms with Gasteiger partial charge < -0.3 is 5.32 Å². The second kappa shape index (κ2) is 4.59. The fourth-order valence-electron chi connectivity index (χ4n) is 6.17. The highest BCUT2D eigenvalue weighted by Gasteiger charge is 2.53. The zero-order valence-electron chi connectivity index (χ0n) is 13.1. The predicted octanol–water partition coefficient (Wildman–Crippen LogP) is 3.88. The molecule has 2 atom stereocenters. The van der Waals surface area contributed by atoms with Crippen molar-refractivity contribution >= 4 is 5.91 Å². The van der Waals surface area contributed by atoms with E-state index in [-0.39, 0.29) is 11.5 Å². The van der Waals surface area contributed by atoms with Gasteiger partial charge in [0.05, 0.1) is 0 Å². The van der Waals surface area contributed by atoms with Crippen LogP contribution in [0.4, 0.5) is 0 Å². The molecule has 4 bridgehead atoms. The lowest BCUT2D eigenvalue weighted by molar-refractivity contribution is -0.128. The summed E-state index contributed by atoms with van der Waals surface area (Å²) in [6, 6.07) is 10.6. The molecule has 0 heterocycles. The highest BCUT2D eigenvalue weighted by atomic mass is 16.2. The van der Waals surface area contributed by atoms with Gasteiger partial charge in [0.1, 0.15) is 0 Å². The van der Waals surface area contributed by atoms with Gasteiger partial charge in [-0.15, -0.1) is 0 Å². The van der Waals surface area contributed by atoms with E-state index in [0.717, 1.165) is 24.2 Å². The number of carbonyl (C=O) groups excluding carboxylic acids is 1. The molecule has 0 radical (unpaired) electrons. The molecule has 2 nitrogen and oxygen atoms in total. The molecule has 2 heteroatoms. The van der Waals surface area contributed by atoms with Gasteiger partial charge >= 0.3 is 0 Å². The minimum Gasteiger partial charge on any atom is -0.350 e. The van der Waals surface area contributed by atoms with Crippen LogP contribution in [-0.4, -0.2) is 11.4 Å². The fourth-order valence-corrected chi connectivity index (χ4v) is 6.17. The Labute approximate surface area is 132 Å². The number of amides is 1. The summed E-state index contributed by atoms with van der Waals surface area (Å²) in [4.78, 5) is 12.8. The number of hydrogen-bond donors (Lipinski definition) is 1. The molecule has 6 rings (SSSR count). The van der Waals surface area contributed by atoms with Crippen molar-refractivity contribution < 1.29 is 4.79 Å². The van der Waals surface area contributed by atoms with E-state index in [1.54, 1.807) is 0 Å². The van der Waals surface area contributed by atoms with Crippen molar-refractivity contribution in [2.75, 3.05) is 0 Å². The molecule has 1 aromatic rings. The van der Waals surface area contributed by atoms with Gasteiger partial charge in [0.2, 0.25) is 5.91 Å². The maximum Gasteiger partial charge on any atom is 0.224 e. The van der Waals surface area contributed by atoms with Crippen molar-refractivity contribution in [2.24, 2.45) is 23.7 Å². The number of nitrogens with one attached hydrogen (secondary N) is 1. The third-order valence-electron chi connectivity index (χ3n) is 6.78. The SMILES string of the molecule is O=C(NC12CC3CC(CC(C3)C1)C2)[C@@H]1C[C@@H]1c1ccccc1. The Morgan fingerprint density at radius 1 is 0.909 bits per heavy atom. The lowest BCUT2D eigenvalue weighted by Gasteiger charge is -2.57. The summed E-state index contributed by atoms with van der Waals surface area (Å²) in [5, 5.41) is 3.55. The zero-order valence-corrected chi connectivity index (χ0v) is 13.1. The van der Waals surface area contributed by atoms with Crippen LogP contribution >= 0.6 is 0 Å². The maximum absolute atomic E-state index is 12.8. The number of benzene rings is 1. The van der Waals surface area contributed by atoms with Crippen LogP contribution in [0.15, 0.2) is 30.3 Å². The van der Waals surface area contributed by atoms with Gasteiger partial charge in [0.15, 0.2) is 0 Å². The van der Waals surface area contributed by atoms with Gasteiger partial charge in [-0.05, 0) is 74.2 Å². The Hall–Kier alpha value is -1.31. The van der Waals surface area contributed by atoms with Crippen LogP contribution < -0.4 is 5.32 Å². The minimum absolute atomic E-state index is 0.176. The summed E-state index contributed by atoms with van der Waals surface area (Å²) in [7, 11) is 0. The van der Waals surface area contributed by atoms with Crippen LogP contribution in [0.3, 0.4) is 0 Å².